The van der Waals surface area contributed by atoms with Crippen LogP contribution in [-0.4, -0.2) is 24.0 Å². The van der Waals surface area contributed by atoms with E-state index in [0.717, 1.165) is 0 Å². The number of hydrogen-bond acceptors (Lipinski definition) is 1. The van der Waals surface area contributed by atoms with Gasteiger partial charge in [0, 0.05) is 0 Å². The molecule has 0 rings (SSSR count). The molecule has 74 valence electrons. The maximum atomic E-state index is 5.01. The predicted molar refractivity (Wildman–Crippen MR) is 60.7 cm³/mol. The van der Waals surface area contributed by atoms with Crippen molar-refractivity contribution in [2.24, 2.45) is 4.74 Å². The Morgan fingerprint density at radius 2 is 1.25 bits per heavy atom. The van der Waals surface area contributed by atoms with Gasteiger partial charge in [-0.2, -0.15) is 0 Å². The summed E-state index contributed by atoms with van der Waals surface area (Å²) in [4.78, 5) is 0. The van der Waals surface area contributed by atoms with Crippen LogP contribution in [0.4, 0.5) is 0 Å². The van der Waals surface area contributed by atoms with Crippen molar-refractivity contribution in [1.82, 2.24) is 0 Å². The van der Waals surface area contributed by atoms with Crippen LogP contribution in [0.3, 0.4) is 0 Å². The largest absolute Gasteiger partial charge is 0.298 e. The van der Waals surface area contributed by atoms with E-state index in [-0.39, 0.29) is 5.54 Å². The van der Waals surface area contributed by atoms with Crippen molar-refractivity contribution >= 4 is 7.05 Å². The second-order valence-corrected chi connectivity index (χ2v) is 8.60. The van der Waals surface area contributed by atoms with E-state index in [0.29, 0.717) is 0 Å². The van der Waals surface area contributed by atoms with Crippen molar-refractivity contribution in [2.45, 2.75) is 47.1 Å². The van der Waals surface area contributed by atoms with Gasteiger partial charge in [-0.05, 0) is 46.3 Å². The normalized spacial score (nSPS) is 13.2. The zero-order valence-corrected chi connectivity index (χ0v) is 10.4. The molecule has 0 aliphatic rings. The lowest BCUT2D eigenvalue weighted by atomic mass is 10.1. The van der Waals surface area contributed by atoms with Gasteiger partial charge in [-0.3, -0.25) is 4.74 Å². The molecule has 1 nitrogen and oxygen atoms in total. The van der Waals surface area contributed by atoms with Crippen LogP contribution in [0.15, 0.2) is 4.74 Å². The molecule has 12 heavy (non-hydrogen) atoms. The van der Waals surface area contributed by atoms with Gasteiger partial charge in [-0.25, -0.2) is 0 Å². The molecule has 0 bridgehead atoms. The first-order chi connectivity index (χ1) is 5.39. The Morgan fingerprint density at radius 3 is 1.33 bits per heavy atom. The van der Waals surface area contributed by atoms with E-state index in [2.05, 4.69) is 41.5 Å². The van der Waals surface area contributed by atoms with Crippen molar-refractivity contribution in [2.75, 3.05) is 18.5 Å². The Labute approximate surface area is 78.0 Å². The van der Waals surface area contributed by atoms with E-state index in [1.807, 2.05) is 0 Å². The molecule has 0 aliphatic carbocycles. The van der Waals surface area contributed by atoms with Crippen molar-refractivity contribution in [3.63, 3.8) is 0 Å². The maximum absolute atomic E-state index is 5.01. The average Bonchev–Trinajstić information content (AvgIpc) is 1.99. The number of hydrogen-bond donors (Lipinski definition) is 0. The first-order valence-electron chi connectivity index (χ1n) is 4.99. The lowest BCUT2D eigenvalue weighted by Gasteiger charge is -2.26. The molecular weight excluding hydrogens is 165 g/mol. The van der Waals surface area contributed by atoms with Gasteiger partial charge < -0.3 is 0 Å². The summed E-state index contributed by atoms with van der Waals surface area (Å²) < 4.78 is 5.01. The summed E-state index contributed by atoms with van der Waals surface area (Å²) in [6, 6.07) is 0. The Kier molecular flexibility index (Phi) is 4.55. The molecule has 0 aromatic rings. The highest BCUT2D eigenvalue weighted by Gasteiger charge is 2.17. The topological polar surface area (TPSA) is 12.4 Å². The molecule has 0 spiro atoms. The Balaban J connectivity index is 4.82. The first-order valence-corrected chi connectivity index (χ1v) is 7.29. The minimum Gasteiger partial charge on any atom is -0.298 e. The molecule has 0 saturated carbocycles. The minimum absolute atomic E-state index is 0.163. The highest BCUT2D eigenvalue weighted by atomic mass is 31.2. The molecule has 0 heterocycles. The van der Waals surface area contributed by atoms with Gasteiger partial charge in [0.25, 0.3) is 0 Å². The van der Waals surface area contributed by atoms with Gasteiger partial charge in [-0.1, -0.05) is 20.8 Å². The van der Waals surface area contributed by atoms with Gasteiger partial charge in [0.2, 0.25) is 0 Å². The third kappa shape index (κ3) is 3.76. The van der Waals surface area contributed by atoms with Crippen LogP contribution in [0.2, 0.25) is 0 Å². The van der Waals surface area contributed by atoms with E-state index in [9.17, 15) is 0 Å². The molecule has 0 saturated heterocycles. The van der Waals surface area contributed by atoms with Gasteiger partial charge in [0.1, 0.15) is 0 Å². The molecule has 0 amide bonds. The number of nitrogens with zero attached hydrogens (tertiary/aromatic N) is 1. The highest BCUT2D eigenvalue weighted by Crippen LogP contribution is 2.50. The van der Waals surface area contributed by atoms with Gasteiger partial charge in [0.05, 0.1) is 5.54 Å². The molecule has 0 aromatic carbocycles. The number of rotatable bonds is 3. The lowest BCUT2D eigenvalue weighted by Crippen LogP contribution is -2.11. The van der Waals surface area contributed by atoms with Crippen LogP contribution in [-0.2, 0) is 0 Å². The fourth-order valence-corrected chi connectivity index (χ4v) is 4.56. The van der Waals surface area contributed by atoms with Crippen LogP contribution in [0.5, 0.6) is 0 Å². The highest BCUT2D eigenvalue weighted by molar-refractivity contribution is 7.66. The van der Waals surface area contributed by atoms with Gasteiger partial charge in [-0.15, -0.1) is 0 Å². The molecule has 0 radical (unpaired) electrons. The van der Waals surface area contributed by atoms with Crippen LogP contribution in [0.25, 0.3) is 0 Å². The fraction of sp³-hybridized carbons (Fsp3) is 1.00. The third-order valence-electron chi connectivity index (χ3n) is 2.28. The molecule has 0 N–H and O–H groups in total. The predicted octanol–water partition coefficient (Wildman–Crippen LogP) is 4.05. The van der Waals surface area contributed by atoms with Crippen LogP contribution in [0.1, 0.15) is 41.5 Å². The monoisotopic (exact) mass is 189 g/mol. The maximum Gasteiger partial charge on any atom is 0.0509 e. The molecule has 2 heteroatoms. The molecule has 0 aromatic heterocycles. The van der Waals surface area contributed by atoms with Gasteiger partial charge >= 0.3 is 0 Å². The third-order valence-corrected chi connectivity index (χ3v) is 6.83. The molecule has 0 fully saturated rings. The summed E-state index contributed by atoms with van der Waals surface area (Å²) in [5.74, 6) is 0. The van der Waals surface area contributed by atoms with Crippen LogP contribution >= 0.6 is 7.05 Å². The zero-order chi connectivity index (χ0) is 9.83. The summed E-state index contributed by atoms with van der Waals surface area (Å²) in [7, 11) is -0.935. The molecule has 0 atom stereocenters. The quantitative estimate of drug-likeness (QED) is 0.594. The lowest BCUT2D eigenvalue weighted by molar-refractivity contribution is 0.589. The Morgan fingerprint density at radius 1 is 0.917 bits per heavy atom. The van der Waals surface area contributed by atoms with Crippen LogP contribution < -0.4 is 0 Å². The van der Waals surface area contributed by atoms with E-state index < -0.39 is 7.05 Å². The summed E-state index contributed by atoms with van der Waals surface area (Å²) >= 11 is 0. The van der Waals surface area contributed by atoms with E-state index in [1.54, 1.807) is 0 Å². The van der Waals surface area contributed by atoms with E-state index >= 15 is 0 Å². The Hall–Kier alpha value is 0.230. The van der Waals surface area contributed by atoms with Crippen molar-refractivity contribution < 1.29 is 0 Å². The zero-order valence-electron chi connectivity index (χ0n) is 9.52. The summed E-state index contributed by atoms with van der Waals surface area (Å²) in [6.07, 6.45) is 3.83. The first kappa shape index (κ1) is 12.2. The molecule has 0 unspecified atom stereocenters. The standard InChI is InChI=1S/C10H24NP/c1-7-12(8-2,9-3)11-10(4,5)6/h7-9H2,1-6H3. The van der Waals surface area contributed by atoms with Crippen molar-refractivity contribution in [1.29, 1.82) is 0 Å². The van der Waals surface area contributed by atoms with E-state index in [1.165, 1.54) is 18.5 Å². The fourth-order valence-electron chi connectivity index (χ4n) is 1.52. The van der Waals surface area contributed by atoms with E-state index in [4.69, 9.17) is 4.74 Å². The van der Waals surface area contributed by atoms with Crippen LogP contribution in [0, 0.1) is 0 Å². The second kappa shape index (κ2) is 4.46. The summed E-state index contributed by atoms with van der Waals surface area (Å²) in [5.41, 5.74) is 0.163. The summed E-state index contributed by atoms with van der Waals surface area (Å²) in [5, 5.41) is 0. The van der Waals surface area contributed by atoms with Crippen molar-refractivity contribution in [3.05, 3.63) is 0 Å². The second-order valence-electron chi connectivity index (χ2n) is 4.31. The smallest absolute Gasteiger partial charge is 0.0509 e. The van der Waals surface area contributed by atoms with Crippen molar-refractivity contribution in [3.8, 4) is 0 Å². The molecular formula is C10H24NP. The van der Waals surface area contributed by atoms with Gasteiger partial charge in [0.15, 0.2) is 0 Å². The average molecular weight is 189 g/mol. The Bertz CT molecular complexity index is 158. The minimum atomic E-state index is -0.935. The summed E-state index contributed by atoms with van der Waals surface area (Å²) in [6.45, 7) is 13.5. The SMILES string of the molecule is CCP(CC)(CC)=NC(C)(C)C. The molecule has 0 aliphatic heterocycles.